The predicted octanol–water partition coefficient (Wildman–Crippen LogP) is 1.23. The number of para-hydroxylation sites is 1. The van der Waals surface area contributed by atoms with Gasteiger partial charge in [0.15, 0.2) is 0 Å². The van der Waals surface area contributed by atoms with Gasteiger partial charge in [0.1, 0.15) is 23.4 Å². The minimum atomic E-state index is -0.0880. The molecular weight excluding hydrogens is 196 g/mol. The second-order valence-electron chi connectivity index (χ2n) is 2.63. The van der Waals surface area contributed by atoms with Gasteiger partial charge in [-0.3, -0.25) is 0 Å². The fraction of sp³-hybridized carbons (Fsp3) is 0. The van der Waals surface area contributed by atoms with Gasteiger partial charge in [-0.1, -0.05) is 6.07 Å². The highest BCUT2D eigenvalue weighted by Crippen LogP contribution is 2.27. The smallest absolute Gasteiger partial charge is 0.142 e. The van der Waals surface area contributed by atoms with Crippen LogP contribution in [0, 0.1) is 0 Å². The molecule has 0 saturated heterocycles. The standard InChI is InChI=1S/C6H7NO2.C4H5NO/c7-6-4(8)2-1-3-5(6)9;1-2-4-6-5-3-1/h1-3,8-9H,7H2;1-5H. The van der Waals surface area contributed by atoms with Crippen molar-refractivity contribution in [3.05, 3.63) is 42.8 Å². The van der Waals surface area contributed by atoms with Crippen LogP contribution < -0.4 is 11.2 Å². The molecule has 0 unspecified atom stereocenters. The van der Waals surface area contributed by atoms with Gasteiger partial charge in [0.25, 0.3) is 0 Å². The van der Waals surface area contributed by atoms with Crippen molar-refractivity contribution in [2.75, 3.05) is 5.73 Å². The number of aromatic hydroxyl groups is 2. The summed E-state index contributed by atoms with van der Waals surface area (Å²) < 4.78 is 0. The highest BCUT2D eigenvalue weighted by atomic mass is 16.6. The molecule has 0 aromatic heterocycles. The fourth-order valence-corrected chi connectivity index (χ4v) is 0.799. The molecule has 15 heavy (non-hydrogen) atoms. The van der Waals surface area contributed by atoms with Crippen molar-refractivity contribution in [3.8, 4) is 11.5 Å². The molecule has 1 aromatic carbocycles. The van der Waals surface area contributed by atoms with Gasteiger partial charge in [-0.2, -0.15) is 0 Å². The molecule has 0 spiro atoms. The Labute approximate surface area is 87.1 Å². The molecule has 5 N–H and O–H groups in total. The topological polar surface area (TPSA) is 87.7 Å². The van der Waals surface area contributed by atoms with E-state index in [1.54, 1.807) is 18.5 Å². The minimum Gasteiger partial charge on any atom is -0.506 e. The van der Waals surface area contributed by atoms with Crippen LogP contribution in [-0.2, 0) is 4.84 Å². The Balaban J connectivity index is 0.000000162. The summed E-state index contributed by atoms with van der Waals surface area (Å²) in [6.45, 7) is 0. The lowest BCUT2D eigenvalue weighted by Gasteiger charge is -1.98. The second kappa shape index (κ2) is 5.43. The van der Waals surface area contributed by atoms with Crippen LogP contribution in [0.5, 0.6) is 11.5 Å². The Morgan fingerprint density at radius 2 is 1.80 bits per heavy atom. The van der Waals surface area contributed by atoms with Crippen LogP contribution in [0.3, 0.4) is 0 Å². The quantitative estimate of drug-likeness (QED) is 0.380. The average molecular weight is 208 g/mol. The van der Waals surface area contributed by atoms with Gasteiger partial charge in [0.2, 0.25) is 0 Å². The largest absolute Gasteiger partial charge is 0.506 e. The molecule has 0 atom stereocenters. The maximum Gasteiger partial charge on any atom is 0.142 e. The number of benzene rings is 1. The summed E-state index contributed by atoms with van der Waals surface area (Å²) in [5.74, 6) is -0.176. The molecule has 5 heteroatoms. The lowest BCUT2D eigenvalue weighted by atomic mass is 10.3. The number of hydroxylamine groups is 1. The Hall–Kier alpha value is -2.30. The van der Waals surface area contributed by atoms with Crippen molar-refractivity contribution in [3.63, 3.8) is 0 Å². The summed E-state index contributed by atoms with van der Waals surface area (Å²) >= 11 is 0. The van der Waals surface area contributed by atoms with Crippen LogP contribution in [-0.4, -0.2) is 10.2 Å². The first-order valence-corrected chi connectivity index (χ1v) is 4.21. The van der Waals surface area contributed by atoms with Crippen molar-refractivity contribution >= 4 is 5.69 Å². The number of hydrogen-bond donors (Lipinski definition) is 4. The number of nitrogens with one attached hydrogen (secondary N) is 1. The molecule has 80 valence electrons. The third kappa shape index (κ3) is 3.51. The third-order valence-electron chi connectivity index (χ3n) is 1.55. The number of nitrogens with two attached hydrogens (primary N) is 1. The lowest BCUT2D eigenvalue weighted by Crippen LogP contribution is -2.01. The van der Waals surface area contributed by atoms with E-state index in [1.807, 2.05) is 6.08 Å². The third-order valence-corrected chi connectivity index (χ3v) is 1.55. The molecule has 0 amide bonds. The molecule has 2 rings (SSSR count). The molecule has 0 bridgehead atoms. The highest BCUT2D eigenvalue weighted by molar-refractivity contribution is 5.60. The van der Waals surface area contributed by atoms with Crippen molar-refractivity contribution in [2.45, 2.75) is 0 Å². The Kier molecular flexibility index (Phi) is 3.91. The predicted molar refractivity (Wildman–Crippen MR) is 56.7 cm³/mol. The van der Waals surface area contributed by atoms with Gasteiger partial charge in [0, 0.05) is 6.20 Å². The molecule has 0 saturated carbocycles. The highest BCUT2D eigenvalue weighted by Gasteiger charge is 1.98. The van der Waals surface area contributed by atoms with Crippen molar-refractivity contribution in [2.24, 2.45) is 0 Å². The van der Waals surface area contributed by atoms with E-state index in [1.165, 1.54) is 18.2 Å². The molecule has 1 aliphatic heterocycles. The van der Waals surface area contributed by atoms with E-state index < -0.39 is 0 Å². The van der Waals surface area contributed by atoms with Crippen LogP contribution in [0.4, 0.5) is 5.69 Å². The van der Waals surface area contributed by atoms with Crippen LogP contribution in [0.1, 0.15) is 0 Å². The van der Waals surface area contributed by atoms with Crippen LogP contribution in [0.15, 0.2) is 42.8 Å². The molecule has 1 heterocycles. The zero-order valence-corrected chi connectivity index (χ0v) is 7.92. The zero-order valence-electron chi connectivity index (χ0n) is 7.92. The van der Waals surface area contributed by atoms with E-state index in [9.17, 15) is 0 Å². The van der Waals surface area contributed by atoms with E-state index in [0.717, 1.165) is 0 Å². The maximum absolute atomic E-state index is 8.82. The summed E-state index contributed by atoms with van der Waals surface area (Å²) in [7, 11) is 0. The van der Waals surface area contributed by atoms with Gasteiger partial charge < -0.3 is 20.8 Å². The first kappa shape index (κ1) is 10.8. The number of hydrogen-bond acceptors (Lipinski definition) is 5. The van der Waals surface area contributed by atoms with Crippen molar-refractivity contribution in [1.82, 2.24) is 5.48 Å². The molecular formula is C10H12N2O3. The Morgan fingerprint density at radius 3 is 2.07 bits per heavy atom. The van der Waals surface area contributed by atoms with Gasteiger partial charge in [0.05, 0.1) is 0 Å². The first-order valence-electron chi connectivity index (χ1n) is 4.21. The Morgan fingerprint density at radius 1 is 1.13 bits per heavy atom. The summed E-state index contributed by atoms with van der Waals surface area (Å²) in [6.07, 6.45) is 6.93. The van der Waals surface area contributed by atoms with Crippen molar-refractivity contribution < 1.29 is 15.1 Å². The van der Waals surface area contributed by atoms with E-state index in [2.05, 4.69) is 10.3 Å². The van der Waals surface area contributed by atoms with Crippen LogP contribution in [0.2, 0.25) is 0 Å². The zero-order chi connectivity index (χ0) is 11.1. The van der Waals surface area contributed by atoms with E-state index in [4.69, 9.17) is 15.9 Å². The number of phenols is 2. The number of anilines is 1. The van der Waals surface area contributed by atoms with E-state index >= 15 is 0 Å². The van der Waals surface area contributed by atoms with Crippen molar-refractivity contribution in [1.29, 1.82) is 0 Å². The normalized spacial score (nSPS) is 12.0. The number of phenolic OH excluding ortho intramolecular Hbond substituents is 2. The summed E-state index contributed by atoms with van der Waals surface area (Å²) in [5, 5.41) is 17.6. The monoisotopic (exact) mass is 208 g/mol. The SMILES string of the molecule is C1=CNOC=C1.Nc1c(O)cccc1O. The summed E-state index contributed by atoms with van der Waals surface area (Å²) in [4.78, 5) is 4.55. The molecule has 0 fully saturated rings. The number of nitrogen functional groups attached to an aromatic ring is 1. The van der Waals surface area contributed by atoms with Gasteiger partial charge in [-0.15, -0.1) is 0 Å². The van der Waals surface area contributed by atoms with Crippen LogP contribution in [0.25, 0.3) is 0 Å². The lowest BCUT2D eigenvalue weighted by molar-refractivity contribution is 0.172. The van der Waals surface area contributed by atoms with Gasteiger partial charge in [-0.05, 0) is 24.3 Å². The second-order valence-corrected chi connectivity index (χ2v) is 2.63. The minimum absolute atomic E-state index is 0.0255. The van der Waals surface area contributed by atoms with Crippen LogP contribution >= 0.6 is 0 Å². The van der Waals surface area contributed by atoms with E-state index in [0.29, 0.717) is 0 Å². The van der Waals surface area contributed by atoms with E-state index in [-0.39, 0.29) is 17.2 Å². The molecule has 1 aromatic rings. The fourth-order valence-electron chi connectivity index (χ4n) is 0.799. The molecule has 1 aliphatic rings. The van der Waals surface area contributed by atoms with Gasteiger partial charge >= 0.3 is 0 Å². The molecule has 0 aliphatic carbocycles. The first-order chi connectivity index (χ1) is 7.22. The number of allylic oxidation sites excluding steroid dienone is 2. The van der Waals surface area contributed by atoms with Gasteiger partial charge in [-0.25, -0.2) is 5.48 Å². The summed E-state index contributed by atoms with van der Waals surface area (Å²) in [5.41, 5.74) is 7.72. The Bertz CT molecular complexity index is 343. The number of rotatable bonds is 0. The molecule has 5 nitrogen and oxygen atoms in total. The average Bonchev–Trinajstić information content (AvgIpc) is 2.29. The maximum atomic E-state index is 8.82. The molecule has 0 radical (unpaired) electrons. The summed E-state index contributed by atoms with van der Waals surface area (Å²) in [6, 6.07) is 4.34.